The van der Waals surface area contributed by atoms with E-state index < -0.39 is 25.0 Å². The van der Waals surface area contributed by atoms with E-state index in [0.29, 0.717) is 18.8 Å². The predicted molar refractivity (Wildman–Crippen MR) is 163 cm³/mol. The van der Waals surface area contributed by atoms with E-state index >= 15 is 0 Å². The van der Waals surface area contributed by atoms with Gasteiger partial charge in [-0.25, -0.2) is 0 Å². The van der Waals surface area contributed by atoms with Crippen LogP contribution in [0.1, 0.15) is 77.6 Å². The van der Waals surface area contributed by atoms with Crippen LogP contribution in [0.25, 0.3) is 0 Å². The van der Waals surface area contributed by atoms with E-state index in [2.05, 4.69) is 52.3 Å². The Labute approximate surface area is 231 Å². The first-order valence-electron chi connectivity index (χ1n) is 14.8. The molecule has 4 atom stereocenters. The maximum Gasteiger partial charge on any atom is 0.292 e. The van der Waals surface area contributed by atoms with Crippen LogP contribution in [-0.4, -0.2) is 48.9 Å². The fourth-order valence-electron chi connectivity index (χ4n) is 5.15. The van der Waals surface area contributed by atoms with E-state index in [0.717, 1.165) is 57.8 Å². The number of carbonyl (C=O) groups is 2. The van der Waals surface area contributed by atoms with E-state index in [4.69, 9.17) is 13.3 Å². The zero-order chi connectivity index (χ0) is 28.3. The minimum absolute atomic E-state index is 0.0429. The predicted octanol–water partition coefficient (Wildman–Crippen LogP) is 8.49. The lowest BCUT2D eigenvalue weighted by Gasteiger charge is -2.30. The second-order valence-electron chi connectivity index (χ2n) is 13.8. The Hall–Kier alpha value is -0.549. The Morgan fingerprint density at radius 2 is 1.30 bits per heavy atom. The van der Waals surface area contributed by atoms with Gasteiger partial charge in [-0.05, 0) is 96.6 Å². The van der Waals surface area contributed by atoms with Crippen LogP contribution in [0.15, 0.2) is 12.2 Å². The SMILES string of the molecule is CCCCCC(=O)/C=C/[C@@H]1[C@@H](CCCCCCC(=O)O[Si](C)(C)C)[C@@H](O[Si](C)(C)C)C[C@H]1O[Si](C)(C)C. The van der Waals surface area contributed by atoms with Gasteiger partial charge in [0.15, 0.2) is 22.4 Å². The van der Waals surface area contributed by atoms with Gasteiger partial charge in [0, 0.05) is 18.8 Å². The van der Waals surface area contributed by atoms with Gasteiger partial charge in [-0.15, -0.1) is 0 Å². The summed E-state index contributed by atoms with van der Waals surface area (Å²) < 4.78 is 19.0. The molecule has 0 aromatic carbocycles. The summed E-state index contributed by atoms with van der Waals surface area (Å²) in [5, 5.41) is 0. The first kappa shape index (κ1) is 34.5. The Balaban J connectivity index is 2.85. The van der Waals surface area contributed by atoms with E-state index in [9.17, 15) is 9.59 Å². The minimum atomic E-state index is -1.80. The molecule has 1 fully saturated rings. The lowest BCUT2D eigenvalue weighted by molar-refractivity contribution is -0.135. The minimum Gasteiger partial charge on any atom is -0.520 e. The number of allylic oxidation sites excluding steroid dienone is 1. The van der Waals surface area contributed by atoms with Crippen molar-refractivity contribution < 1.29 is 22.9 Å². The van der Waals surface area contributed by atoms with Crippen molar-refractivity contribution in [3.63, 3.8) is 0 Å². The molecule has 0 amide bonds. The Morgan fingerprint density at radius 1 is 0.730 bits per heavy atom. The van der Waals surface area contributed by atoms with Crippen molar-refractivity contribution in [2.45, 2.75) is 149 Å². The van der Waals surface area contributed by atoms with Crippen LogP contribution in [0.2, 0.25) is 58.9 Å². The molecule has 0 aromatic rings. The normalized spacial score (nSPS) is 23.1. The lowest BCUT2D eigenvalue weighted by Crippen LogP contribution is -2.35. The molecule has 1 saturated carbocycles. The maximum absolute atomic E-state index is 12.6. The number of carbonyl (C=O) groups excluding carboxylic acids is 2. The molecule has 0 aliphatic heterocycles. The number of hydrogen-bond donors (Lipinski definition) is 0. The third kappa shape index (κ3) is 16.2. The van der Waals surface area contributed by atoms with Gasteiger partial charge in [0.2, 0.25) is 8.32 Å². The number of unbranched alkanes of at least 4 members (excludes halogenated alkanes) is 5. The summed E-state index contributed by atoms with van der Waals surface area (Å²) in [7, 11) is -5.27. The molecule has 0 aromatic heterocycles. The van der Waals surface area contributed by atoms with Gasteiger partial charge in [-0.1, -0.05) is 45.1 Å². The summed E-state index contributed by atoms with van der Waals surface area (Å²) in [4.78, 5) is 24.6. The summed E-state index contributed by atoms with van der Waals surface area (Å²) in [5.41, 5.74) is 0. The molecule has 1 rings (SSSR count). The molecular formula is C29H58O5Si3. The van der Waals surface area contributed by atoms with Crippen molar-refractivity contribution in [1.82, 2.24) is 0 Å². The highest BCUT2D eigenvalue weighted by atomic mass is 28.4. The zero-order valence-electron chi connectivity index (χ0n) is 25.8. The summed E-state index contributed by atoms with van der Waals surface area (Å²) in [6, 6.07) is 0. The molecule has 0 spiro atoms. The van der Waals surface area contributed by atoms with E-state index in [-0.39, 0.29) is 29.9 Å². The van der Waals surface area contributed by atoms with Crippen LogP contribution in [0.4, 0.5) is 0 Å². The molecular weight excluding hydrogens is 513 g/mol. The molecule has 216 valence electrons. The Kier molecular flexibility index (Phi) is 14.8. The van der Waals surface area contributed by atoms with Gasteiger partial charge in [0.25, 0.3) is 5.97 Å². The molecule has 1 aliphatic carbocycles. The van der Waals surface area contributed by atoms with Crippen molar-refractivity contribution in [1.29, 1.82) is 0 Å². The molecule has 1 aliphatic rings. The fraction of sp³-hybridized carbons (Fsp3) is 0.862. The number of hydrogen-bond acceptors (Lipinski definition) is 5. The highest BCUT2D eigenvalue weighted by Gasteiger charge is 2.45. The van der Waals surface area contributed by atoms with Crippen LogP contribution in [0.5, 0.6) is 0 Å². The average molecular weight is 571 g/mol. The molecule has 5 nitrogen and oxygen atoms in total. The van der Waals surface area contributed by atoms with Crippen LogP contribution >= 0.6 is 0 Å². The maximum atomic E-state index is 12.6. The molecule has 0 saturated heterocycles. The first-order chi connectivity index (χ1) is 17.0. The molecule has 8 heteroatoms. The average Bonchev–Trinajstić information content (AvgIpc) is 3.00. The van der Waals surface area contributed by atoms with Gasteiger partial charge >= 0.3 is 0 Å². The quantitative estimate of drug-likeness (QED) is 0.0939. The highest BCUT2D eigenvalue weighted by Crippen LogP contribution is 2.42. The number of rotatable bonds is 18. The summed E-state index contributed by atoms with van der Waals surface area (Å²) >= 11 is 0. The second kappa shape index (κ2) is 15.9. The number of ketones is 1. The summed E-state index contributed by atoms with van der Waals surface area (Å²) in [6.07, 6.45) is 14.8. The van der Waals surface area contributed by atoms with E-state index in [1.165, 1.54) is 0 Å². The van der Waals surface area contributed by atoms with Gasteiger partial charge in [0.05, 0.1) is 12.2 Å². The largest absolute Gasteiger partial charge is 0.520 e. The van der Waals surface area contributed by atoms with Gasteiger partial charge < -0.3 is 13.3 Å². The summed E-state index contributed by atoms with van der Waals surface area (Å²) in [6.45, 7) is 21.8. The molecule has 0 bridgehead atoms. The van der Waals surface area contributed by atoms with Crippen LogP contribution in [-0.2, 0) is 22.9 Å². The van der Waals surface area contributed by atoms with Crippen molar-refractivity contribution >= 4 is 36.7 Å². The zero-order valence-corrected chi connectivity index (χ0v) is 28.8. The molecule has 0 unspecified atom stereocenters. The van der Waals surface area contributed by atoms with Crippen molar-refractivity contribution in [3.8, 4) is 0 Å². The van der Waals surface area contributed by atoms with Crippen molar-refractivity contribution in [2.24, 2.45) is 11.8 Å². The third-order valence-corrected chi connectivity index (χ3v) is 9.35. The van der Waals surface area contributed by atoms with E-state index in [1.807, 2.05) is 25.7 Å². The standard InChI is InChI=1S/C29H58O5Si3/c1-11-12-15-18-24(30)21-22-26-25(19-16-13-14-17-20-29(31)34-37(8,9)10)27(32-35(2,3)4)23-28(26)33-36(5,6)7/h21-22,25-28H,11-20,23H2,1-10H3/b22-21+/t25-,26-,27+,28-/m1/s1. The van der Waals surface area contributed by atoms with E-state index in [1.54, 1.807) is 0 Å². The molecule has 37 heavy (non-hydrogen) atoms. The van der Waals surface area contributed by atoms with Gasteiger partial charge in [0.1, 0.15) is 0 Å². The smallest absolute Gasteiger partial charge is 0.292 e. The van der Waals surface area contributed by atoms with Gasteiger partial charge in [-0.3, -0.25) is 9.59 Å². The Bertz CT molecular complexity index is 719. The first-order valence-corrected chi connectivity index (χ1v) is 25.0. The Morgan fingerprint density at radius 3 is 1.86 bits per heavy atom. The fourth-order valence-corrected chi connectivity index (χ4v) is 8.27. The lowest BCUT2D eigenvalue weighted by atomic mass is 9.88. The van der Waals surface area contributed by atoms with Crippen molar-refractivity contribution in [2.75, 3.05) is 0 Å². The molecule has 0 heterocycles. The van der Waals surface area contributed by atoms with Gasteiger partial charge in [-0.2, -0.15) is 0 Å². The topological polar surface area (TPSA) is 61.8 Å². The second-order valence-corrected chi connectivity index (χ2v) is 27.2. The van der Waals surface area contributed by atoms with Crippen LogP contribution in [0.3, 0.4) is 0 Å². The molecule has 0 radical (unpaired) electrons. The third-order valence-electron chi connectivity index (χ3n) is 6.50. The van der Waals surface area contributed by atoms with Crippen LogP contribution in [0, 0.1) is 11.8 Å². The van der Waals surface area contributed by atoms with Crippen LogP contribution < -0.4 is 0 Å². The molecule has 0 N–H and O–H groups in total. The highest BCUT2D eigenvalue weighted by molar-refractivity contribution is 6.71. The monoisotopic (exact) mass is 570 g/mol. The van der Waals surface area contributed by atoms with Crippen molar-refractivity contribution in [3.05, 3.63) is 12.2 Å². The summed E-state index contributed by atoms with van der Waals surface area (Å²) in [5.74, 6) is 0.775.